The first-order valence-corrected chi connectivity index (χ1v) is 25.6. The highest BCUT2D eigenvalue weighted by atomic mass is 79.9. The quantitative estimate of drug-likeness (QED) is 0.0430. The van der Waals surface area contributed by atoms with Gasteiger partial charge in [0.2, 0.25) is 0 Å². The van der Waals surface area contributed by atoms with E-state index in [-0.39, 0.29) is 24.0 Å². The van der Waals surface area contributed by atoms with E-state index in [4.69, 9.17) is 37.9 Å². The van der Waals surface area contributed by atoms with Crippen LogP contribution in [-0.2, 0) is 57.1 Å². The lowest BCUT2D eigenvalue weighted by molar-refractivity contribution is -0.166. The SMILES string of the molecule is CCOc1cccc(C(OC)=C2C3CC4CC2CC(OCCBr)(C4)C3)c1.CCOc1cccc(C(OC)=C2C3CC4CC2CC(OCCC(C(=O)OC)C(=O)OC)(C4)C3)c1.COC(=O)CC(=O)OC. The van der Waals surface area contributed by atoms with Gasteiger partial charge in [-0.1, -0.05) is 40.2 Å². The molecule has 69 heavy (non-hydrogen) atoms. The van der Waals surface area contributed by atoms with Crippen LogP contribution in [0.15, 0.2) is 59.7 Å². The number of esters is 4. The molecule has 0 saturated heterocycles. The Labute approximate surface area is 416 Å². The molecule has 8 bridgehead atoms. The van der Waals surface area contributed by atoms with Crippen LogP contribution in [-0.4, -0.2) is 109 Å². The summed E-state index contributed by atoms with van der Waals surface area (Å²) < 4.78 is 54.2. The number of alkyl halides is 1. The summed E-state index contributed by atoms with van der Waals surface area (Å²) >= 11 is 3.52. The number of carbonyl (C=O) groups is 4. The molecule has 10 rings (SSSR count). The lowest BCUT2D eigenvalue weighted by Crippen LogP contribution is -2.53. The van der Waals surface area contributed by atoms with Gasteiger partial charge in [0.15, 0.2) is 5.92 Å². The molecule has 2 aromatic rings. The molecule has 0 amide bonds. The average molecular weight is 1030 g/mol. The molecule has 0 aliphatic heterocycles. The highest BCUT2D eigenvalue weighted by molar-refractivity contribution is 9.09. The third kappa shape index (κ3) is 13.0. The molecular formula is C54H73BrO14. The predicted octanol–water partition coefficient (Wildman–Crippen LogP) is 9.55. The number of rotatable bonds is 19. The van der Waals surface area contributed by atoms with Crippen molar-refractivity contribution >= 4 is 51.3 Å². The van der Waals surface area contributed by atoms with E-state index in [0.29, 0.717) is 49.4 Å². The molecule has 8 fully saturated rings. The minimum absolute atomic E-state index is 0.111. The minimum Gasteiger partial charge on any atom is -0.496 e. The fourth-order valence-electron chi connectivity index (χ4n) is 12.6. The Hall–Kier alpha value is -4.60. The number of allylic oxidation sites excluding steroid dienone is 2. The van der Waals surface area contributed by atoms with Gasteiger partial charge in [0.05, 0.1) is 73.7 Å². The zero-order valence-corrected chi connectivity index (χ0v) is 43.4. The van der Waals surface area contributed by atoms with Gasteiger partial charge in [-0.3, -0.25) is 19.2 Å². The monoisotopic (exact) mass is 1020 g/mol. The third-order valence-corrected chi connectivity index (χ3v) is 15.1. The first-order valence-electron chi connectivity index (χ1n) is 24.5. The van der Waals surface area contributed by atoms with E-state index in [2.05, 4.69) is 55.7 Å². The maximum Gasteiger partial charge on any atom is 0.320 e. The Morgan fingerprint density at radius 1 is 0.565 bits per heavy atom. The Balaban J connectivity index is 0.000000197. The highest BCUT2D eigenvalue weighted by Gasteiger charge is 2.56. The van der Waals surface area contributed by atoms with Crippen molar-refractivity contribution < 1.29 is 66.5 Å². The van der Waals surface area contributed by atoms with Gasteiger partial charge >= 0.3 is 23.9 Å². The van der Waals surface area contributed by atoms with Gasteiger partial charge < -0.3 is 47.4 Å². The number of hydrogen-bond donors (Lipinski definition) is 0. The first kappa shape index (κ1) is 53.7. The van der Waals surface area contributed by atoms with Crippen molar-refractivity contribution in [2.45, 2.75) is 102 Å². The van der Waals surface area contributed by atoms with Crippen LogP contribution in [0.2, 0.25) is 0 Å². The fraction of sp³-hybridized carbons (Fsp3) is 0.630. The van der Waals surface area contributed by atoms with Crippen LogP contribution in [0.1, 0.15) is 102 Å². The van der Waals surface area contributed by atoms with Crippen molar-refractivity contribution in [2.75, 3.05) is 74.4 Å². The molecule has 2 aromatic carbocycles. The Kier molecular flexibility index (Phi) is 19.5. The van der Waals surface area contributed by atoms with Crippen molar-refractivity contribution in [3.8, 4) is 11.5 Å². The molecule has 0 aromatic heterocycles. The second-order valence-corrected chi connectivity index (χ2v) is 19.8. The number of halogens is 1. The molecule has 8 aliphatic carbocycles. The van der Waals surface area contributed by atoms with Crippen molar-refractivity contribution in [1.82, 2.24) is 0 Å². The van der Waals surface area contributed by atoms with Crippen molar-refractivity contribution in [3.63, 3.8) is 0 Å². The van der Waals surface area contributed by atoms with Gasteiger partial charge in [-0.05, 0) is 155 Å². The predicted molar refractivity (Wildman–Crippen MR) is 262 cm³/mol. The molecule has 380 valence electrons. The van der Waals surface area contributed by atoms with Crippen LogP contribution in [0.5, 0.6) is 11.5 Å². The molecule has 0 heterocycles. The van der Waals surface area contributed by atoms with E-state index in [9.17, 15) is 19.2 Å². The molecule has 0 N–H and O–H groups in total. The van der Waals surface area contributed by atoms with Crippen LogP contribution in [0, 0.1) is 41.4 Å². The maximum absolute atomic E-state index is 12.0. The van der Waals surface area contributed by atoms with E-state index in [1.54, 1.807) is 7.11 Å². The lowest BCUT2D eigenvalue weighted by atomic mass is 9.52. The highest BCUT2D eigenvalue weighted by Crippen LogP contribution is 2.62. The van der Waals surface area contributed by atoms with Gasteiger partial charge in [0.25, 0.3) is 0 Å². The average Bonchev–Trinajstić information content (AvgIpc) is 3.34. The fourth-order valence-corrected chi connectivity index (χ4v) is 12.8. The van der Waals surface area contributed by atoms with E-state index >= 15 is 0 Å². The smallest absolute Gasteiger partial charge is 0.320 e. The molecular weight excluding hydrogens is 952 g/mol. The number of methoxy groups -OCH3 is 6. The number of hydrogen-bond acceptors (Lipinski definition) is 14. The second-order valence-electron chi connectivity index (χ2n) is 19.1. The van der Waals surface area contributed by atoms with Crippen molar-refractivity contribution in [3.05, 3.63) is 70.8 Å². The maximum atomic E-state index is 12.0. The van der Waals surface area contributed by atoms with Gasteiger partial charge in [-0.2, -0.15) is 0 Å². The van der Waals surface area contributed by atoms with Crippen molar-refractivity contribution in [1.29, 1.82) is 0 Å². The molecule has 8 aliphatic rings. The molecule has 0 radical (unpaired) electrons. The van der Waals surface area contributed by atoms with Crippen molar-refractivity contribution in [2.24, 2.45) is 41.4 Å². The summed E-state index contributed by atoms with van der Waals surface area (Å²) in [5, 5.41) is 0.922. The summed E-state index contributed by atoms with van der Waals surface area (Å²) in [6.07, 6.45) is 11.3. The Morgan fingerprint density at radius 3 is 1.32 bits per heavy atom. The number of ether oxygens (including phenoxy) is 10. The summed E-state index contributed by atoms with van der Waals surface area (Å²) in [5.74, 6) is 4.03. The minimum atomic E-state index is -0.947. The van der Waals surface area contributed by atoms with E-state index in [1.807, 2.05) is 39.2 Å². The van der Waals surface area contributed by atoms with Crippen LogP contribution < -0.4 is 9.47 Å². The summed E-state index contributed by atoms with van der Waals surface area (Å²) in [4.78, 5) is 44.5. The van der Waals surface area contributed by atoms with E-state index in [0.717, 1.165) is 96.9 Å². The largest absolute Gasteiger partial charge is 0.496 e. The number of carbonyl (C=O) groups excluding carboxylic acids is 4. The van der Waals surface area contributed by atoms with E-state index < -0.39 is 29.8 Å². The van der Waals surface area contributed by atoms with Gasteiger partial charge in [0, 0.05) is 23.1 Å². The lowest BCUT2D eigenvalue weighted by Gasteiger charge is -2.57. The Morgan fingerprint density at radius 2 is 0.971 bits per heavy atom. The molecule has 4 atom stereocenters. The summed E-state index contributed by atoms with van der Waals surface area (Å²) in [6, 6.07) is 16.5. The topological polar surface area (TPSA) is 161 Å². The van der Waals surface area contributed by atoms with E-state index in [1.165, 1.54) is 58.8 Å². The van der Waals surface area contributed by atoms with Gasteiger partial charge in [0.1, 0.15) is 29.4 Å². The molecule has 8 saturated carbocycles. The molecule has 15 heteroatoms. The van der Waals surface area contributed by atoms with Gasteiger partial charge in [-0.15, -0.1) is 0 Å². The second kappa shape index (κ2) is 25.0. The Bertz CT molecular complexity index is 2080. The standard InChI is InChI=1S/C27H36O7.C22H29BrO3.C5H8O4/c1-5-33-21-8-6-7-18(13-21)24(30-2)23-19-11-17-12-20(23)16-27(14-17,15-19)34-10-9-22(25(28)31-3)26(29)32-4;1-3-25-19-6-4-5-16(11-19)21(24-2)20-17-9-15-10-18(20)14-22(12-15,13-17)26-8-7-23;1-8-4(6)3-5(7)9-2/h6-8,13,17,19-20,22H,5,9-12,14-16H2,1-4H3;4-6,11,15,17-18H,3,7-10,12-14H2,1-2H3;3H2,1-2H3. The third-order valence-electron chi connectivity index (χ3n) is 14.8. The summed E-state index contributed by atoms with van der Waals surface area (Å²) in [5.41, 5.74) is 5.06. The molecule has 14 nitrogen and oxygen atoms in total. The zero-order valence-electron chi connectivity index (χ0n) is 41.8. The first-order chi connectivity index (χ1) is 33.3. The van der Waals surface area contributed by atoms with Crippen LogP contribution >= 0.6 is 15.9 Å². The molecule has 0 spiro atoms. The number of benzene rings is 2. The summed E-state index contributed by atoms with van der Waals surface area (Å²) in [7, 11) is 8.56. The summed E-state index contributed by atoms with van der Waals surface area (Å²) in [6.45, 7) is 6.46. The van der Waals surface area contributed by atoms with Gasteiger partial charge in [-0.25, -0.2) is 0 Å². The normalized spacial score (nSPS) is 26.4. The van der Waals surface area contributed by atoms with Crippen LogP contribution in [0.3, 0.4) is 0 Å². The van der Waals surface area contributed by atoms with Crippen LogP contribution in [0.25, 0.3) is 11.5 Å². The molecule has 4 unspecified atom stereocenters. The van der Waals surface area contributed by atoms with Crippen LogP contribution in [0.4, 0.5) is 0 Å². The zero-order chi connectivity index (χ0) is 49.7.